The molecular formula is C18H17ClN2O2. The minimum Gasteiger partial charge on any atom is -0.375 e. The number of amides is 1. The summed E-state index contributed by atoms with van der Waals surface area (Å²) in [5.74, 6) is 5.90. The number of carbonyl (C=O) groups excluding carboxylic acids is 1. The van der Waals surface area contributed by atoms with E-state index in [-0.39, 0.29) is 12.5 Å². The van der Waals surface area contributed by atoms with Gasteiger partial charge in [-0.05, 0) is 42.5 Å². The number of carbonyl (C=O) groups is 1. The van der Waals surface area contributed by atoms with Crippen LogP contribution in [0.3, 0.4) is 0 Å². The van der Waals surface area contributed by atoms with Gasteiger partial charge in [-0.2, -0.15) is 0 Å². The predicted molar refractivity (Wildman–Crippen MR) is 93.8 cm³/mol. The Morgan fingerprint density at radius 1 is 1.17 bits per heavy atom. The summed E-state index contributed by atoms with van der Waals surface area (Å²) in [6.07, 6.45) is 0. The van der Waals surface area contributed by atoms with E-state index in [0.29, 0.717) is 17.3 Å². The van der Waals surface area contributed by atoms with E-state index in [1.54, 1.807) is 0 Å². The van der Waals surface area contributed by atoms with Gasteiger partial charge in [0.25, 0.3) is 0 Å². The first kappa shape index (κ1) is 16.9. The summed E-state index contributed by atoms with van der Waals surface area (Å²) in [4.78, 5) is 11.5. The van der Waals surface area contributed by atoms with Crippen molar-refractivity contribution < 1.29 is 9.53 Å². The molecule has 0 aliphatic carbocycles. The van der Waals surface area contributed by atoms with Gasteiger partial charge in [0.05, 0.1) is 6.54 Å². The van der Waals surface area contributed by atoms with E-state index < -0.39 is 0 Å². The molecule has 2 rings (SSSR count). The number of rotatable bonds is 5. The van der Waals surface area contributed by atoms with Gasteiger partial charge >= 0.3 is 0 Å². The Balaban J connectivity index is 1.89. The Labute approximate surface area is 140 Å². The maximum absolute atomic E-state index is 11.5. The number of methoxy groups -OCH3 is 1. The molecule has 0 aliphatic rings. The molecule has 0 spiro atoms. The summed E-state index contributed by atoms with van der Waals surface area (Å²) >= 11 is 5.83. The largest absolute Gasteiger partial charge is 0.375 e. The van der Waals surface area contributed by atoms with Crippen LogP contribution in [0.15, 0.2) is 48.5 Å². The lowest BCUT2D eigenvalue weighted by Gasteiger charge is -2.07. The third-order valence-corrected chi connectivity index (χ3v) is 3.13. The molecule has 0 bridgehead atoms. The van der Waals surface area contributed by atoms with E-state index in [0.717, 1.165) is 11.3 Å². The predicted octanol–water partition coefficient (Wildman–Crippen LogP) is 3.39. The van der Waals surface area contributed by atoms with E-state index in [9.17, 15) is 4.79 Å². The van der Waals surface area contributed by atoms with Gasteiger partial charge < -0.3 is 15.4 Å². The van der Waals surface area contributed by atoms with E-state index >= 15 is 0 Å². The van der Waals surface area contributed by atoms with Crippen LogP contribution >= 0.6 is 11.6 Å². The average molecular weight is 329 g/mol. The molecule has 2 N–H and O–H groups in total. The first-order valence-electron chi connectivity index (χ1n) is 7.04. The normalized spacial score (nSPS) is 9.65. The van der Waals surface area contributed by atoms with Crippen molar-refractivity contribution in [3.05, 3.63) is 59.1 Å². The molecule has 2 aromatic rings. The maximum atomic E-state index is 11.5. The summed E-state index contributed by atoms with van der Waals surface area (Å²) in [5, 5.41) is 6.64. The standard InChI is InChI=1S/C18H17ClN2O2/c1-23-13-18(22)21-17-6-2-5-16(12-17)20-11-3-4-14-7-9-15(19)10-8-14/h2,5-10,12,20H,11,13H2,1H3,(H,21,22). The van der Waals surface area contributed by atoms with Crippen molar-refractivity contribution in [2.24, 2.45) is 0 Å². The van der Waals surface area contributed by atoms with Gasteiger partial charge in [0, 0.05) is 29.1 Å². The van der Waals surface area contributed by atoms with Gasteiger partial charge in [0.2, 0.25) is 5.91 Å². The Morgan fingerprint density at radius 3 is 2.65 bits per heavy atom. The zero-order valence-corrected chi connectivity index (χ0v) is 13.5. The van der Waals surface area contributed by atoms with Crippen molar-refractivity contribution in [2.45, 2.75) is 0 Å². The summed E-state index contributed by atoms with van der Waals surface area (Å²) in [6, 6.07) is 14.8. The molecule has 4 nitrogen and oxygen atoms in total. The van der Waals surface area contributed by atoms with Crippen LogP contribution in [0.5, 0.6) is 0 Å². The van der Waals surface area contributed by atoms with Crippen molar-refractivity contribution >= 4 is 28.9 Å². The second kappa shape index (κ2) is 8.84. The van der Waals surface area contributed by atoms with Crippen LogP contribution in [0.4, 0.5) is 11.4 Å². The number of hydrogen-bond donors (Lipinski definition) is 2. The minimum absolute atomic E-state index is 0.0320. The topological polar surface area (TPSA) is 50.4 Å². The number of benzene rings is 2. The van der Waals surface area contributed by atoms with Gasteiger partial charge in [0.1, 0.15) is 6.61 Å². The highest BCUT2D eigenvalue weighted by Crippen LogP contribution is 2.14. The Morgan fingerprint density at radius 2 is 1.91 bits per heavy atom. The molecule has 0 unspecified atom stereocenters. The maximum Gasteiger partial charge on any atom is 0.250 e. The van der Waals surface area contributed by atoms with Crippen molar-refractivity contribution in [3.8, 4) is 11.8 Å². The first-order chi connectivity index (χ1) is 11.2. The van der Waals surface area contributed by atoms with Crippen LogP contribution < -0.4 is 10.6 Å². The van der Waals surface area contributed by atoms with E-state index in [4.69, 9.17) is 16.3 Å². The number of halogens is 1. The summed E-state index contributed by atoms with van der Waals surface area (Å²) in [7, 11) is 1.48. The molecular weight excluding hydrogens is 312 g/mol. The monoisotopic (exact) mass is 328 g/mol. The van der Waals surface area contributed by atoms with E-state index in [1.807, 2.05) is 48.5 Å². The quantitative estimate of drug-likeness (QED) is 0.827. The number of ether oxygens (including phenoxy) is 1. The summed E-state index contributed by atoms with van der Waals surface area (Å²) in [5.41, 5.74) is 2.50. The molecule has 23 heavy (non-hydrogen) atoms. The molecule has 2 aromatic carbocycles. The Bertz CT molecular complexity index is 718. The zero-order valence-electron chi connectivity index (χ0n) is 12.7. The fraction of sp³-hybridized carbons (Fsp3) is 0.167. The average Bonchev–Trinajstić information content (AvgIpc) is 2.54. The van der Waals surface area contributed by atoms with Crippen LogP contribution in [0.1, 0.15) is 5.56 Å². The van der Waals surface area contributed by atoms with Gasteiger partial charge in [-0.1, -0.05) is 29.5 Å². The molecule has 0 aromatic heterocycles. The number of hydrogen-bond acceptors (Lipinski definition) is 3. The van der Waals surface area contributed by atoms with Crippen LogP contribution in [-0.2, 0) is 9.53 Å². The lowest BCUT2D eigenvalue weighted by Crippen LogP contribution is -2.17. The SMILES string of the molecule is COCC(=O)Nc1cccc(NCC#Cc2ccc(Cl)cc2)c1. The van der Waals surface area contributed by atoms with E-state index in [2.05, 4.69) is 22.5 Å². The highest BCUT2D eigenvalue weighted by molar-refractivity contribution is 6.30. The van der Waals surface area contributed by atoms with Crippen LogP contribution in [0.2, 0.25) is 5.02 Å². The molecule has 0 aliphatic heterocycles. The van der Waals surface area contributed by atoms with Gasteiger partial charge in [0.15, 0.2) is 0 Å². The Hall–Kier alpha value is -2.48. The zero-order chi connectivity index (χ0) is 16.5. The molecule has 0 radical (unpaired) electrons. The summed E-state index contributed by atoms with van der Waals surface area (Å²) in [6.45, 7) is 0.530. The smallest absolute Gasteiger partial charge is 0.250 e. The fourth-order valence-electron chi connectivity index (χ4n) is 1.86. The van der Waals surface area contributed by atoms with E-state index in [1.165, 1.54) is 7.11 Å². The summed E-state index contributed by atoms with van der Waals surface area (Å²) < 4.78 is 4.78. The van der Waals surface area contributed by atoms with Gasteiger partial charge in [-0.3, -0.25) is 4.79 Å². The second-order valence-corrected chi connectivity index (χ2v) is 5.16. The molecule has 0 saturated heterocycles. The highest BCUT2D eigenvalue weighted by atomic mass is 35.5. The molecule has 0 heterocycles. The molecule has 1 amide bonds. The first-order valence-corrected chi connectivity index (χ1v) is 7.42. The minimum atomic E-state index is -0.188. The lowest BCUT2D eigenvalue weighted by molar-refractivity contribution is -0.119. The molecule has 0 fully saturated rings. The van der Waals surface area contributed by atoms with Crippen molar-refractivity contribution in [3.63, 3.8) is 0 Å². The van der Waals surface area contributed by atoms with Gasteiger partial charge in [-0.15, -0.1) is 0 Å². The van der Waals surface area contributed by atoms with Crippen LogP contribution in [0, 0.1) is 11.8 Å². The lowest BCUT2D eigenvalue weighted by atomic mass is 10.2. The highest BCUT2D eigenvalue weighted by Gasteiger charge is 2.01. The van der Waals surface area contributed by atoms with Crippen molar-refractivity contribution in [2.75, 3.05) is 30.9 Å². The molecule has 0 saturated carbocycles. The van der Waals surface area contributed by atoms with Crippen LogP contribution in [-0.4, -0.2) is 26.2 Å². The third-order valence-electron chi connectivity index (χ3n) is 2.88. The number of nitrogens with one attached hydrogen (secondary N) is 2. The molecule has 118 valence electrons. The van der Waals surface area contributed by atoms with Gasteiger partial charge in [-0.25, -0.2) is 0 Å². The molecule has 0 atom stereocenters. The Kier molecular flexibility index (Phi) is 6.49. The number of anilines is 2. The van der Waals surface area contributed by atoms with Crippen molar-refractivity contribution in [1.29, 1.82) is 0 Å². The second-order valence-electron chi connectivity index (χ2n) is 4.72. The van der Waals surface area contributed by atoms with Crippen molar-refractivity contribution in [1.82, 2.24) is 0 Å². The fourth-order valence-corrected chi connectivity index (χ4v) is 1.99. The van der Waals surface area contributed by atoms with Crippen LogP contribution in [0.25, 0.3) is 0 Å². The molecule has 5 heteroatoms. The third kappa shape index (κ3) is 6.03.